The lowest BCUT2D eigenvalue weighted by molar-refractivity contribution is 0.0950. The molecule has 0 aliphatic rings. The molecule has 4 heteroatoms. The number of H-pyrrole nitrogens is 1. The number of hydrogen-bond acceptors (Lipinski definition) is 2. The zero-order valence-electron chi connectivity index (χ0n) is 13.3. The van der Waals surface area contributed by atoms with Crippen molar-refractivity contribution in [2.75, 3.05) is 13.7 Å². The molecule has 2 N–H and O–H groups in total. The van der Waals surface area contributed by atoms with E-state index in [9.17, 15) is 4.79 Å². The Morgan fingerprint density at radius 2 is 2.00 bits per heavy atom. The molecule has 3 aromatic rings. The normalized spacial score (nSPS) is 10.7. The lowest BCUT2D eigenvalue weighted by atomic mass is 10.1. The van der Waals surface area contributed by atoms with E-state index < -0.39 is 0 Å². The highest BCUT2D eigenvalue weighted by atomic mass is 16.5. The van der Waals surface area contributed by atoms with Crippen molar-refractivity contribution in [1.29, 1.82) is 0 Å². The summed E-state index contributed by atoms with van der Waals surface area (Å²) in [4.78, 5) is 15.4. The first-order valence-corrected chi connectivity index (χ1v) is 7.67. The van der Waals surface area contributed by atoms with Gasteiger partial charge in [-0.3, -0.25) is 4.79 Å². The summed E-state index contributed by atoms with van der Waals surface area (Å²) in [5, 5.41) is 4.00. The summed E-state index contributed by atoms with van der Waals surface area (Å²) in [7, 11) is 1.66. The molecule has 0 atom stereocenters. The number of benzene rings is 2. The number of carbonyl (C=O) groups is 1. The molecule has 1 aromatic heterocycles. The summed E-state index contributed by atoms with van der Waals surface area (Å²) in [6, 6.07) is 15.8. The van der Waals surface area contributed by atoms with E-state index >= 15 is 0 Å². The average molecular weight is 308 g/mol. The van der Waals surface area contributed by atoms with Gasteiger partial charge in [-0.05, 0) is 43.2 Å². The molecule has 0 saturated carbocycles. The van der Waals surface area contributed by atoms with Crippen LogP contribution in [0.1, 0.15) is 21.6 Å². The van der Waals surface area contributed by atoms with Crippen LogP contribution >= 0.6 is 0 Å². The Morgan fingerprint density at radius 1 is 1.17 bits per heavy atom. The van der Waals surface area contributed by atoms with Crippen LogP contribution in [0.3, 0.4) is 0 Å². The molecule has 1 amide bonds. The zero-order valence-corrected chi connectivity index (χ0v) is 13.3. The second-order valence-corrected chi connectivity index (χ2v) is 5.59. The lowest BCUT2D eigenvalue weighted by Crippen LogP contribution is -2.26. The summed E-state index contributed by atoms with van der Waals surface area (Å²) in [5.74, 6) is 0.761. The predicted octanol–water partition coefficient (Wildman–Crippen LogP) is 3.46. The number of aromatic nitrogens is 1. The SMILES string of the molecule is COc1ccccc1CCNC(=O)c1cc2cc(C)ccc2[nH]1. The maximum Gasteiger partial charge on any atom is 0.267 e. The highest BCUT2D eigenvalue weighted by Gasteiger charge is 2.09. The van der Waals surface area contributed by atoms with E-state index in [2.05, 4.69) is 16.4 Å². The van der Waals surface area contributed by atoms with Gasteiger partial charge in [-0.15, -0.1) is 0 Å². The molecule has 0 aliphatic heterocycles. The fourth-order valence-corrected chi connectivity index (χ4v) is 2.69. The van der Waals surface area contributed by atoms with Crippen LogP contribution in [-0.2, 0) is 6.42 Å². The van der Waals surface area contributed by atoms with E-state index in [1.165, 1.54) is 5.56 Å². The van der Waals surface area contributed by atoms with E-state index in [1.807, 2.05) is 49.4 Å². The average Bonchev–Trinajstić information content (AvgIpc) is 2.98. The largest absolute Gasteiger partial charge is 0.496 e. The first-order valence-electron chi connectivity index (χ1n) is 7.67. The second-order valence-electron chi connectivity index (χ2n) is 5.59. The Bertz CT molecular complexity index is 836. The number of rotatable bonds is 5. The molecular formula is C19H20N2O2. The molecule has 0 aliphatic carbocycles. The monoisotopic (exact) mass is 308 g/mol. The number of ether oxygens (including phenoxy) is 1. The van der Waals surface area contributed by atoms with E-state index in [0.717, 1.165) is 28.6 Å². The zero-order chi connectivity index (χ0) is 16.2. The minimum absolute atomic E-state index is 0.0891. The Morgan fingerprint density at radius 3 is 2.83 bits per heavy atom. The summed E-state index contributed by atoms with van der Waals surface area (Å²) in [5.41, 5.74) is 3.83. The fraction of sp³-hybridized carbons (Fsp3) is 0.211. The van der Waals surface area contributed by atoms with Crippen molar-refractivity contribution < 1.29 is 9.53 Å². The number of methoxy groups -OCH3 is 1. The van der Waals surface area contributed by atoms with E-state index in [0.29, 0.717) is 12.2 Å². The topological polar surface area (TPSA) is 54.1 Å². The van der Waals surface area contributed by atoms with Gasteiger partial charge in [0.25, 0.3) is 5.91 Å². The van der Waals surface area contributed by atoms with Gasteiger partial charge in [-0.1, -0.05) is 29.8 Å². The Hall–Kier alpha value is -2.75. The van der Waals surface area contributed by atoms with Gasteiger partial charge in [-0.2, -0.15) is 0 Å². The van der Waals surface area contributed by atoms with Gasteiger partial charge < -0.3 is 15.0 Å². The molecule has 3 rings (SSSR count). The second kappa shape index (κ2) is 6.57. The molecule has 0 spiro atoms. The number of hydrogen-bond donors (Lipinski definition) is 2. The van der Waals surface area contributed by atoms with Crippen molar-refractivity contribution in [2.45, 2.75) is 13.3 Å². The van der Waals surface area contributed by atoms with E-state index in [-0.39, 0.29) is 5.91 Å². The fourth-order valence-electron chi connectivity index (χ4n) is 2.69. The number of aryl methyl sites for hydroxylation is 1. The Labute approximate surface area is 135 Å². The standard InChI is InChI=1S/C19H20N2O2/c1-13-7-8-16-15(11-13)12-17(21-16)19(22)20-10-9-14-5-3-4-6-18(14)23-2/h3-8,11-12,21H,9-10H2,1-2H3,(H,20,22). The van der Waals surface area contributed by atoms with Crippen LogP contribution in [0.2, 0.25) is 0 Å². The van der Waals surface area contributed by atoms with Crippen LogP contribution in [0.25, 0.3) is 10.9 Å². The summed E-state index contributed by atoms with van der Waals surface area (Å²) in [6.45, 7) is 2.60. The number of amides is 1. The molecular weight excluding hydrogens is 288 g/mol. The minimum Gasteiger partial charge on any atom is -0.496 e. The Kier molecular flexibility index (Phi) is 4.33. The maximum absolute atomic E-state index is 12.3. The van der Waals surface area contributed by atoms with Crippen LogP contribution < -0.4 is 10.1 Å². The van der Waals surface area contributed by atoms with Crippen molar-refractivity contribution >= 4 is 16.8 Å². The third kappa shape index (κ3) is 3.37. The third-order valence-electron chi connectivity index (χ3n) is 3.89. The van der Waals surface area contributed by atoms with Gasteiger partial charge in [0.2, 0.25) is 0 Å². The number of para-hydroxylation sites is 1. The van der Waals surface area contributed by atoms with Crippen LogP contribution in [0.15, 0.2) is 48.5 Å². The molecule has 0 saturated heterocycles. The molecule has 4 nitrogen and oxygen atoms in total. The van der Waals surface area contributed by atoms with Crippen LogP contribution in [0.5, 0.6) is 5.75 Å². The molecule has 1 heterocycles. The van der Waals surface area contributed by atoms with Crippen molar-refractivity contribution in [3.63, 3.8) is 0 Å². The molecule has 0 unspecified atom stereocenters. The van der Waals surface area contributed by atoms with Crippen LogP contribution in [0, 0.1) is 6.92 Å². The van der Waals surface area contributed by atoms with Gasteiger partial charge in [0, 0.05) is 17.4 Å². The molecule has 0 fully saturated rings. The predicted molar refractivity (Wildman–Crippen MR) is 92.1 cm³/mol. The Balaban J connectivity index is 1.64. The van der Waals surface area contributed by atoms with Gasteiger partial charge in [0.15, 0.2) is 0 Å². The molecule has 23 heavy (non-hydrogen) atoms. The van der Waals surface area contributed by atoms with Crippen LogP contribution in [-0.4, -0.2) is 24.5 Å². The maximum atomic E-state index is 12.3. The van der Waals surface area contributed by atoms with Crippen molar-refractivity contribution in [1.82, 2.24) is 10.3 Å². The summed E-state index contributed by atoms with van der Waals surface area (Å²) in [6.07, 6.45) is 0.731. The summed E-state index contributed by atoms with van der Waals surface area (Å²) >= 11 is 0. The highest BCUT2D eigenvalue weighted by Crippen LogP contribution is 2.18. The molecule has 0 bridgehead atoms. The number of carbonyl (C=O) groups excluding carboxylic acids is 1. The molecule has 0 radical (unpaired) electrons. The smallest absolute Gasteiger partial charge is 0.267 e. The highest BCUT2D eigenvalue weighted by molar-refractivity contribution is 5.98. The third-order valence-corrected chi connectivity index (χ3v) is 3.89. The summed E-state index contributed by atoms with van der Waals surface area (Å²) < 4.78 is 5.32. The van der Waals surface area contributed by atoms with Crippen LogP contribution in [0.4, 0.5) is 0 Å². The van der Waals surface area contributed by atoms with E-state index in [4.69, 9.17) is 4.74 Å². The molecule has 118 valence electrons. The van der Waals surface area contributed by atoms with Gasteiger partial charge in [0.1, 0.15) is 11.4 Å². The van der Waals surface area contributed by atoms with Crippen molar-refractivity contribution in [3.8, 4) is 5.75 Å². The van der Waals surface area contributed by atoms with Gasteiger partial charge in [-0.25, -0.2) is 0 Å². The quantitative estimate of drug-likeness (QED) is 0.758. The van der Waals surface area contributed by atoms with Gasteiger partial charge in [0.05, 0.1) is 7.11 Å². The molecule has 2 aromatic carbocycles. The number of fused-ring (bicyclic) bond motifs is 1. The van der Waals surface area contributed by atoms with Gasteiger partial charge >= 0.3 is 0 Å². The van der Waals surface area contributed by atoms with Crippen molar-refractivity contribution in [3.05, 3.63) is 65.4 Å². The first-order chi connectivity index (χ1) is 11.2. The number of nitrogens with one attached hydrogen (secondary N) is 2. The van der Waals surface area contributed by atoms with E-state index in [1.54, 1.807) is 7.11 Å². The van der Waals surface area contributed by atoms with Crippen molar-refractivity contribution in [2.24, 2.45) is 0 Å². The number of aromatic amines is 1. The minimum atomic E-state index is -0.0891. The lowest BCUT2D eigenvalue weighted by Gasteiger charge is -2.08. The first kappa shape index (κ1) is 15.2.